The van der Waals surface area contributed by atoms with Gasteiger partial charge < -0.3 is 15.4 Å². The fraction of sp³-hybridized carbons (Fsp3) is 0.296. The topological polar surface area (TPSA) is 92.7 Å². The lowest BCUT2D eigenvalue weighted by Gasteiger charge is -2.26. The summed E-state index contributed by atoms with van der Waals surface area (Å²) in [5.74, 6) is -0.575. The van der Waals surface area contributed by atoms with Crippen molar-refractivity contribution in [2.75, 3.05) is 44.7 Å². The van der Waals surface area contributed by atoms with Crippen molar-refractivity contribution in [2.45, 2.75) is 13.3 Å². The number of aryl methyl sites for hydroxylation is 1. The van der Waals surface area contributed by atoms with Crippen LogP contribution in [0.5, 0.6) is 0 Å². The number of amides is 2. The monoisotopic (exact) mass is 474 g/mol. The number of carbonyl (C=O) groups is 2. The number of pyridine rings is 1. The van der Waals surface area contributed by atoms with Gasteiger partial charge in [-0.25, -0.2) is 0 Å². The molecule has 0 unspecified atom stereocenters. The van der Waals surface area contributed by atoms with E-state index in [-0.39, 0.29) is 17.4 Å². The Bertz CT molecular complexity index is 1230. The summed E-state index contributed by atoms with van der Waals surface area (Å²) in [6.07, 6.45) is 2.43. The normalized spacial score (nSPS) is 13.9. The molecular weight excluding hydrogens is 444 g/mol. The van der Waals surface area contributed by atoms with Gasteiger partial charge in [0.15, 0.2) is 0 Å². The van der Waals surface area contributed by atoms with E-state index in [0.29, 0.717) is 23.5 Å². The first-order valence-corrected chi connectivity index (χ1v) is 11.8. The van der Waals surface area contributed by atoms with Crippen LogP contribution in [0.15, 0.2) is 71.7 Å². The van der Waals surface area contributed by atoms with E-state index in [1.807, 2.05) is 25.1 Å². The molecule has 4 rings (SSSR count). The van der Waals surface area contributed by atoms with Crippen LogP contribution in [-0.4, -0.2) is 60.7 Å². The molecular formula is C27H30N4O4. The second-order valence-corrected chi connectivity index (χ2v) is 8.48. The number of anilines is 1. The number of benzene rings is 2. The van der Waals surface area contributed by atoms with Gasteiger partial charge >= 0.3 is 0 Å². The number of carbonyl (C=O) groups excluding carboxylic acids is 2. The van der Waals surface area contributed by atoms with E-state index in [9.17, 15) is 14.4 Å². The molecule has 182 valence electrons. The Hall–Kier alpha value is -3.75. The highest BCUT2D eigenvalue weighted by Gasteiger charge is 2.14. The van der Waals surface area contributed by atoms with Crippen LogP contribution in [0.4, 0.5) is 5.69 Å². The Morgan fingerprint density at radius 2 is 1.63 bits per heavy atom. The van der Waals surface area contributed by atoms with Crippen LogP contribution in [0.25, 0.3) is 5.69 Å². The summed E-state index contributed by atoms with van der Waals surface area (Å²) < 4.78 is 6.77. The first-order valence-electron chi connectivity index (χ1n) is 11.8. The van der Waals surface area contributed by atoms with Crippen LogP contribution in [-0.2, 0) is 4.74 Å². The second-order valence-electron chi connectivity index (χ2n) is 8.48. The van der Waals surface area contributed by atoms with E-state index in [1.165, 1.54) is 10.6 Å². The lowest BCUT2D eigenvalue weighted by molar-refractivity contribution is 0.0374. The molecule has 0 saturated carbocycles. The summed E-state index contributed by atoms with van der Waals surface area (Å²) >= 11 is 0. The Balaban J connectivity index is 1.37. The second kappa shape index (κ2) is 11.6. The molecule has 1 fully saturated rings. The smallest absolute Gasteiger partial charge is 0.267 e. The van der Waals surface area contributed by atoms with Crippen molar-refractivity contribution in [3.8, 4) is 5.69 Å². The van der Waals surface area contributed by atoms with Gasteiger partial charge in [0.05, 0.1) is 13.2 Å². The van der Waals surface area contributed by atoms with Crippen molar-refractivity contribution in [3.63, 3.8) is 0 Å². The summed E-state index contributed by atoms with van der Waals surface area (Å²) in [5.41, 5.74) is 2.42. The SMILES string of the molecule is Cc1ccccc1C(=O)Nc1ccc(-n2cccc(C(=O)NCCCN3CCOCC3)c2=O)cc1. The predicted octanol–water partition coefficient (Wildman–Crippen LogP) is 2.85. The summed E-state index contributed by atoms with van der Waals surface area (Å²) in [5, 5.41) is 5.72. The zero-order valence-corrected chi connectivity index (χ0v) is 19.8. The van der Waals surface area contributed by atoms with E-state index in [1.54, 1.807) is 42.6 Å². The first kappa shape index (κ1) is 24.4. The van der Waals surface area contributed by atoms with Crippen molar-refractivity contribution in [1.82, 2.24) is 14.8 Å². The average molecular weight is 475 g/mol. The van der Waals surface area contributed by atoms with Gasteiger partial charge in [-0.2, -0.15) is 0 Å². The van der Waals surface area contributed by atoms with Gasteiger partial charge in [-0.15, -0.1) is 0 Å². The van der Waals surface area contributed by atoms with Crippen LogP contribution in [0, 0.1) is 6.92 Å². The highest BCUT2D eigenvalue weighted by Crippen LogP contribution is 2.15. The fourth-order valence-corrected chi connectivity index (χ4v) is 4.03. The molecule has 0 atom stereocenters. The molecule has 2 N–H and O–H groups in total. The molecule has 0 radical (unpaired) electrons. The Morgan fingerprint density at radius 1 is 0.914 bits per heavy atom. The molecule has 1 saturated heterocycles. The third-order valence-corrected chi connectivity index (χ3v) is 6.03. The molecule has 1 aliphatic rings. The lowest BCUT2D eigenvalue weighted by atomic mass is 10.1. The minimum absolute atomic E-state index is 0.0933. The van der Waals surface area contributed by atoms with Gasteiger partial charge in [0.2, 0.25) is 0 Å². The average Bonchev–Trinajstić information content (AvgIpc) is 2.88. The largest absolute Gasteiger partial charge is 0.379 e. The standard InChI is InChI=1S/C27H30N4O4/c1-20-6-2-3-7-23(20)26(33)29-21-9-11-22(12-10-21)31-15-4-8-24(27(31)34)25(32)28-13-5-14-30-16-18-35-19-17-30/h2-4,6-12,15H,5,13-14,16-19H2,1H3,(H,28,32)(H,29,33). The van der Waals surface area contributed by atoms with Crippen LogP contribution >= 0.6 is 0 Å². The van der Waals surface area contributed by atoms with Gasteiger partial charge in [0, 0.05) is 42.8 Å². The summed E-state index contributed by atoms with van der Waals surface area (Å²) in [6, 6.07) is 17.5. The summed E-state index contributed by atoms with van der Waals surface area (Å²) in [7, 11) is 0. The molecule has 2 amide bonds. The quantitative estimate of drug-likeness (QED) is 0.490. The minimum atomic E-state index is -0.394. The van der Waals surface area contributed by atoms with Crippen molar-refractivity contribution < 1.29 is 14.3 Å². The molecule has 1 aliphatic heterocycles. The van der Waals surface area contributed by atoms with Gasteiger partial charge in [-0.1, -0.05) is 18.2 Å². The van der Waals surface area contributed by atoms with Crippen molar-refractivity contribution in [2.24, 2.45) is 0 Å². The Kier molecular flexibility index (Phi) is 8.07. The number of nitrogens with zero attached hydrogens (tertiary/aromatic N) is 2. The number of hydrogen-bond donors (Lipinski definition) is 2. The van der Waals surface area contributed by atoms with Crippen LogP contribution in [0.3, 0.4) is 0 Å². The third-order valence-electron chi connectivity index (χ3n) is 6.03. The Morgan fingerprint density at radius 3 is 2.37 bits per heavy atom. The number of nitrogens with one attached hydrogen (secondary N) is 2. The van der Waals surface area contributed by atoms with Crippen molar-refractivity contribution >= 4 is 17.5 Å². The fourth-order valence-electron chi connectivity index (χ4n) is 4.03. The molecule has 0 bridgehead atoms. The molecule has 2 aromatic carbocycles. The molecule has 2 heterocycles. The molecule has 35 heavy (non-hydrogen) atoms. The third kappa shape index (κ3) is 6.23. The minimum Gasteiger partial charge on any atom is -0.379 e. The predicted molar refractivity (Wildman–Crippen MR) is 135 cm³/mol. The van der Waals surface area contributed by atoms with Crippen molar-refractivity contribution in [3.05, 3.63) is 93.9 Å². The summed E-state index contributed by atoms with van der Waals surface area (Å²) in [4.78, 5) is 40.5. The maximum atomic E-state index is 13.0. The molecule has 8 nitrogen and oxygen atoms in total. The first-order chi connectivity index (χ1) is 17.0. The Labute approximate surface area is 204 Å². The number of hydrogen-bond acceptors (Lipinski definition) is 5. The van der Waals surface area contributed by atoms with Gasteiger partial charge in [0.25, 0.3) is 17.4 Å². The van der Waals surface area contributed by atoms with Gasteiger partial charge in [-0.05, 0) is 67.9 Å². The molecule has 0 aliphatic carbocycles. The number of ether oxygens (including phenoxy) is 1. The highest BCUT2D eigenvalue weighted by molar-refractivity contribution is 6.05. The van der Waals surface area contributed by atoms with E-state index in [4.69, 9.17) is 4.74 Å². The zero-order valence-electron chi connectivity index (χ0n) is 19.8. The van der Waals surface area contributed by atoms with Crippen LogP contribution < -0.4 is 16.2 Å². The number of rotatable bonds is 8. The van der Waals surface area contributed by atoms with E-state index >= 15 is 0 Å². The highest BCUT2D eigenvalue weighted by atomic mass is 16.5. The molecule has 3 aromatic rings. The van der Waals surface area contributed by atoms with Crippen LogP contribution in [0.2, 0.25) is 0 Å². The summed E-state index contributed by atoms with van der Waals surface area (Å²) in [6.45, 7) is 6.58. The van der Waals surface area contributed by atoms with Crippen LogP contribution in [0.1, 0.15) is 32.7 Å². The number of morpholine rings is 1. The van der Waals surface area contributed by atoms with Gasteiger partial charge in [0.1, 0.15) is 5.56 Å². The van der Waals surface area contributed by atoms with E-state index < -0.39 is 5.56 Å². The molecule has 8 heteroatoms. The van der Waals surface area contributed by atoms with Crippen molar-refractivity contribution in [1.29, 1.82) is 0 Å². The van der Waals surface area contributed by atoms with E-state index in [0.717, 1.165) is 44.8 Å². The van der Waals surface area contributed by atoms with E-state index in [2.05, 4.69) is 15.5 Å². The maximum absolute atomic E-state index is 13.0. The number of aromatic nitrogens is 1. The van der Waals surface area contributed by atoms with Gasteiger partial charge in [-0.3, -0.25) is 23.9 Å². The zero-order chi connectivity index (χ0) is 24.6. The molecule has 0 spiro atoms. The lowest BCUT2D eigenvalue weighted by Crippen LogP contribution is -2.38. The maximum Gasteiger partial charge on any atom is 0.267 e. The molecule has 1 aromatic heterocycles.